The van der Waals surface area contributed by atoms with Gasteiger partial charge in [0.2, 0.25) is 5.91 Å². The zero-order chi connectivity index (χ0) is 18.5. The van der Waals surface area contributed by atoms with E-state index in [-0.39, 0.29) is 18.4 Å². The number of unbranched alkanes of at least 4 members (excludes halogenated alkanes) is 4. The van der Waals surface area contributed by atoms with E-state index in [9.17, 15) is 14.7 Å². The number of likely N-dealkylation sites (tertiary alicyclic amines) is 1. The first-order chi connectivity index (χ1) is 12.0. The molecule has 25 heavy (non-hydrogen) atoms. The number of hydrogen-bond acceptors (Lipinski definition) is 3. The number of rotatable bonds is 12. The maximum Gasteiger partial charge on any atom is 0.303 e. The van der Waals surface area contributed by atoms with E-state index in [1.165, 1.54) is 0 Å². The SMILES string of the molecule is CCCCCC(O)C=C[C@H]1CCCC(=O)N1C=CCCCCC(=O)O. The molecule has 0 aromatic rings. The highest BCUT2D eigenvalue weighted by Gasteiger charge is 2.24. The van der Waals surface area contributed by atoms with Gasteiger partial charge in [-0.1, -0.05) is 44.4 Å². The van der Waals surface area contributed by atoms with Crippen LogP contribution in [0.4, 0.5) is 0 Å². The number of carbonyl (C=O) groups is 2. The van der Waals surface area contributed by atoms with Gasteiger partial charge in [0.15, 0.2) is 0 Å². The number of aliphatic hydroxyl groups is 1. The molecule has 1 unspecified atom stereocenters. The van der Waals surface area contributed by atoms with Gasteiger partial charge >= 0.3 is 5.97 Å². The molecule has 5 nitrogen and oxygen atoms in total. The average molecular weight is 351 g/mol. The molecular weight excluding hydrogens is 318 g/mol. The smallest absolute Gasteiger partial charge is 0.303 e. The van der Waals surface area contributed by atoms with Crippen molar-refractivity contribution in [3.8, 4) is 0 Å². The van der Waals surface area contributed by atoms with Crippen molar-refractivity contribution in [2.24, 2.45) is 0 Å². The third-order valence-electron chi connectivity index (χ3n) is 4.47. The Morgan fingerprint density at radius 2 is 2.12 bits per heavy atom. The highest BCUT2D eigenvalue weighted by Crippen LogP contribution is 2.20. The number of aliphatic hydroxyl groups excluding tert-OH is 1. The van der Waals surface area contributed by atoms with Gasteiger partial charge in [-0.3, -0.25) is 9.59 Å². The fourth-order valence-electron chi connectivity index (χ4n) is 2.98. The summed E-state index contributed by atoms with van der Waals surface area (Å²) in [5.74, 6) is -0.652. The second-order valence-corrected chi connectivity index (χ2v) is 6.73. The molecule has 1 heterocycles. The van der Waals surface area contributed by atoms with Crippen molar-refractivity contribution in [3.63, 3.8) is 0 Å². The van der Waals surface area contributed by atoms with Crippen molar-refractivity contribution in [1.82, 2.24) is 4.90 Å². The lowest BCUT2D eigenvalue weighted by Gasteiger charge is -2.31. The fraction of sp³-hybridized carbons (Fsp3) is 0.700. The van der Waals surface area contributed by atoms with Crippen LogP contribution in [0.25, 0.3) is 0 Å². The summed E-state index contributed by atoms with van der Waals surface area (Å²) in [6.45, 7) is 2.14. The molecule has 1 saturated heterocycles. The lowest BCUT2D eigenvalue weighted by Crippen LogP contribution is -2.38. The van der Waals surface area contributed by atoms with Crippen LogP contribution in [0, 0.1) is 0 Å². The van der Waals surface area contributed by atoms with Gasteiger partial charge in [-0.05, 0) is 38.5 Å². The molecule has 0 bridgehead atoms. The Morgan fingerprint density at radius 1 is 1.32 bits per heavy atom. The lowest BCUT2D eigenvalue weighted by atomic mass is 10.00. The van der Waals surface area contributed by atoms with Gasteiger partial charge in [0.25, 0.3) is 0 Å². The zero-order valence-corrected chi connectivity index (χ0v) is 15.4. The van der Waals surface area contributed by atoms with E-state index in [1.54, 1.807) is 4.90 Å². The van der Waals surface area contributed by atoms with Gasteiger partial charge in [0.1, 0.15) is 0 Å². The minimum absolute atomic E-state index is 0.0114. The second kappa shape index (κ2) is 12.7. The second-order valence-electron chi connectivity index (χ2n) is 6.73. The third-order valence-corrected chi connectivity index (χ3v) is 4.47. The van der Waals surface area contributed by atoms with Crippen molar-refractivity contribution >= 4 is 11.9 Å². The maximum absolute atomic E-state index is 12.2. The molecule has 142 valence electrons. The molecule has 0 aliphatic carbocycles. The van der Waals surface area contributed by atoms with Gasteiger partial charge in [0.05, 0.1) is 12.1 Å². The summed E-state index contributed by atoms with van der Waals surface area (Å²) in [6, 6.07) is 0.0114. The van der Waals surface area contributed by atoms with E-state index in [4.69, 9.17) is 5.11 Å². The Balaban J connectivity index is 2.46. The molecule has 1 aliphatic rings. The first-order valence-electron chi connectivity index (χ1n) is 9.60. The van der Waals surface area contributed by atoms with Crippen molar-refractivity contribution in [3.05, 3.63) is 24.4 Å². The molecule has 1 aliphatic heterocycles. The van der Waals surface area contributed by atoms with Gasteiger partial charge in [-0.15, -0.1) is 0 Å². The molecular formula is C20H33NO4. The number of carbonyl (C=O) groups excluding carboxylic acids is 1. The van der Waals surface area contributed by atoms with Gasteiger partial charge in [-0.25, -0.2) is 0 Å². The first kappa shape index (κ1) is 21.4. The molecule has 0 aromatic carbocycles. The van der Waals surface area contributed by atoms with Gasteiger partial charge in [0, 0.05) is 19.0 Å². The van der Waals surface area contributed by atoms with Crippen molar-refractivity contribution in [2.45, 2.75) is 89.7 Å². The predicted octanol–water partition coefficient (Wildman–Crippen LogP) is 4.02. The number of allylic oxidation sites excluding steroid dienone is 1. The summed E-state index contributed by atoms with van der Waals surface area (Å²) < 4.78 is 0. The number of nitrogens with zero attached hydrogens (tertiary/aromatic N) is 1. The maximum atomic E-state index is 12.2. The van der Waals surface area contributed by atoms with E-state index in [0.29, 0.717) is 12.8 Å². The Labute approximate surface area is 151 Å². The van der Waals surface area contributed by atoms with Gasteiger partial charge < -0.3 is 15.1 Å². The van der Waals surface area contributed by atoms with E-state index >= 15 is 0 Å². The highest BCUT2D eigenvalue weighted by atomic mass is 16.4. The molecule has 1 amide bonds. The largest absolute Gasteiger partial charge is 0.481 e. The Kier molecular flexibility index (Phi) is 10.9. The number of piperidine rings is 1. The molecule has 1 fully saturated rings. The summed E-state index contributed by atoms with van der Waals surface area (Å²) in [5, 5.41) is 18.6. The van der Waals surface area contributed by atoms with Gasteiger partial charge in [-0.2, -0.15) is 0 Å². The Hall–Kier alpha value is -1.62. The van der Waals surface area contributed by atoms with Crippen LogP contribution < -0.4 is 0 Å². The van der Waals surface area contributed by atoms with Crippen LogP contribution in [0.15, 0.2) is 24.4 Å². The molecule has 2 N–H and O–H groups in total. The normalized spacial score (nSPS) is 19.8. The fourth-order valence-corrected chi connectivity index (χ4v) is 2.98. The average Bonchev–Trinajstić information content (AvgIpc) is 2.57. The number of carboxylic acids is 1. The summed E-state index contributed by atoms with van der Waals surface area (Å²) in [4.78, 5) is 24.4. The van der Waals surface area contributed by atoms with Crippen molar-refractivity contribution in [1.29, 1.82) is 0 Å². The Morgan fingerprint density at radius 3 is 2.84 bits per heavy atom. The van der Waals surface area contributed by atoms with E-state index in [0.717, 1.165) is 51.4 Å². The molecule has 0 spiro atoms. The van der Waals surface area contributed by atoms with E-state index < -0.39 is 12.1 Å². The zero-order valence-electron chi connectivity index (χ0n) is 15.4. The van der Waals surface area contributed by atoms with Crippen LogP contribution in [0.5, 0.6) is 0 Å². The minimum Gasteiger partial charge on any atom is -0.481 e. The lowest BCUT2D eigenvalue weighted by molar-refractivity contribution is -0.137. The Bertz CT molecular complexity index is 459. The highest BCUT2D eigenvalue weighted by molar-refractivity contribution is 5.78. The molecule has 0 saturated carbocycles. The summed E-state index contributed by atoms with van der Waals surface area (Å²) in [6.07, 6.45) is 16.0. The third kappa shape index (κ3) is 9.44. The number of carboxylic acid groups (broad SMARTS) is 1. The van der Waals surface area contributed by atoms with Crippen LogP contribution >= 0.6 is 0 Å². The van der Waals surface area contributed by atoms with E-state index in [2.05, 4.69) is 6.92 Å². The molecule has 1 rings (SSSR count). The summed E-state index contributed by atoms with van der Waals surface area (Å²) in [5.41, 5.74) is 0. The monoisotopic (exact) mass is 351 g/mol. The molecule has 0 aromatic heterocycles. The number of hydrogen-bond donors (Lipinski definition) is 2. The van der Waals surface area contributed by atoms with E-state index in [1.807, 2.05) is 24.4 Å². The standard InChI is InChI=1S/C20H33NO4/c1-2-3-6-11-18(22)15-14-17-10-9-12-19(23)21(17)16-8-5-4-7-13-20(24)25/h8,14-18,22H,2-7,9-13H2,1H3,(H,24,25)/t17-,18?/m1/s1. The number of aliphatic carboxylic acids is 1. The molecule has 5 heteroatoms. The predicted molar refractivity (Wildman–Crippen MR) is 99.0 cm³/mol. The quantitative estimate of drug-likeness (QED) is 0.411. The van der Waals surface area contributed by atoms with Crippen LogP contribution in [-0.4, -0.2) is 39.1 Å². The van der Waals surface area contributed by atoms with Crippen molar-refractivity contribution in [2.75, 3.05) is 0 Å². The molecule has 2 atom stereocenters. The van der Waals surface area contributed by atoms with Crippen LogP contribution in [0.1, 0.15) is 77.6 Å². The minimum atomic E-state index is -0.766. The summed E-state index contributed by atoms with van der Waals surface area (Å²) in [7, 11) is 0. The van der Waals surface area contributed by atoms with Crippen LogP contribution in [0.3, 0.4) is 0 Å². The van der Waals surface area contributed by atoms with Crippen molar-refractivity contribution < 1.29 is 19.8 Å². The van der Waals surface area contributed by atoms with Crippen LogP contribution in [0.2, 0.25) is 0 Å². The topological polar surface area (TPSA) is 77.8 Å². The molecule has 0 radical (unpaired) electrons. The number of amides is 1. The first-order valence-corrected chi connectivity index (χ1v) is 9.60. The summed E-state index contributed by atoms with van der Waals surface area (Å²) >= 11 is 0. The van der Waals surface area contributed by atoms with Crippen LogP contribution in [-0.2, 0) is 9.59 Å².